The van der Waals surface area contributed by atoms with Gasteiger partial charge in [0.1, 0.15) is 11.4 Å². The number of carbonyl (C=O) groups excluding carboxylic acids is 2. The first-order valence-corrected chi connectivity index (χ1v) is 8.16. The van der Waals surface area contributed by atoms with Gasteiger partial charge in [-0.15, -0.1) is 0 Å². The van der Waals surface area contributed by atoms with Crippen LogP contribution in [0, 0.1) is 5.82 Å². The topological polar surface area (TPSA) is 49.9 Å². The zero-order chi connectivity index (χ0) is 17.9. The van der Waals surface area contributed by atoms with E-state index in [1.54, 1.807) is 4.90 Å². The van der Waals surface area contributed by atoms with E-state index in [9.17, 15) is 14.0 Å². The van der Waals surface area contributed by atoms with Gasteiger partial charge in [-0.25, -0.2) is 9.18 Å². The van der Waals surface area contributed by atoms with Crippen LogP contribution in [0.1, 0.15) is 38.1 Å². The number of piperazine rings is 1. The van der Waals surface area contributed by atoms with Crippen molar-refractivity contribution in [1.29, 1.82) is 0 Å². The van der Waals surface area contributed by atoms with Crippen LogP contribution in [0.5, 0.6) is 0 Å². The van der Waals surface area contributed by atoms with Crippen LogP contribution in [0.25, 0.3) is 0 Å². The molecule has 1 amide bonds. The molecule has 1 heterocycles. The number of nitrogens with zero attached hydrogens (tertiary/aromatic N) is 2. The number of ether oxygens (including phenoxy) is 1. The average Bonchev–Trinajstić information content (AvgIpc) is 2.48. The van der Waals surface area contributed by atoms with Gasteiger partial charge in [0.25, 0.3) is 0 Å². The van der Waals surface area contributed by atoms with Crippen molar-refractivity contribution < 1.29 is 18.7 Å². The number of amides is 1. The molecule has 1 aliphatic heterocycles. The fraction of sp³-hybridized carbons (Fsp3) is 0.556. The summed E-state index contributed by atoms with van der Waals surface area (Å²) in [7, 11) is 0. The highest BCUT2D eigenvalue weighted by Crippen LogP contribution is 2.15. The smallest absolute Gasteiger partial charge is 0.410 e. The summed E-state index contributed by atoms with van der Waals surface area (Å²) >= 11 is 0. The predicted molar refractivity (Wildman–Crippen MR) is 89.6 cm³/mol. The summed E-state index contributed by atoms with van der Waals surface area (Å²) in [6.45, 7) is 9.40. The van der Waals surface area contributed by atoms with Crippen molar-refractivity contribution in [3.8, 4) is 0 Å². The Kier molecular flexibility index (Phi) is 5.59. The molecule has 1 saturated heterocycles. The summed E-state index contributed by atoms with van der Waals surface area (Å²) in [5.74, 6) is -0.404. The average molecular weight is 336 g/mol. The Morgan fingerprint density at radius 1 is 1.21 bits per heavy atom. The maximum atomic E-state index is 12.9. The first-order chi connectivity index (χ1) is 11.2. The first-order valence-electron chi connectivity index (χ1n) is 8.16. The van der Waals surface area contributed by atoms with Crippen molar-refractivity contribution in [3.05, 3.63) is 35.6 Å². The van der Waals surface area contributed by atoms with Gasteiger partial charge in [0, 0.05) is 31.2 Å². The molecule has 5 nitrogen and oxygen atoms in total. The van der Waals surface area contributed by atoms with Crippen molar-refractivity contribution in [2.24, 2.45) is 0 Å². The van der Waals surface area contributed by atoms with E-state index in [0.717, 1.165) is 0 Å². The molecule has 0 unspecified atom stereocenters. The molecule has 1 aliphatic rings. The quantitative estimate of drug-likeness (QED) is 0.797. The van der Waals surface area contributed by atoms with Gasteiger partial charge in [-0.2, -0.15) is 0 Å². The lowest BCUT2D eigenvalue weighted by Gasteiger charge is -2.39. The minimum Gasteiger partial charge on any atom is -0.444 e. The van der Waals surface area contributed by atoms with Gasteiger partial charge in [-0.05, 0) is 52.0 Å². The lowest BCUT2D eigenvalue weighted by Crippen LogP contribution is -2.55. The van der Waals surface area contributed by atoms with E-state index in [-0.39, 0.29) is 30.3 Å². The lowest BCUT2D eigenvalue weighted by atomic mass is 10.1. The Morgan fingerprint density at radius 2 is 1.83 bits per heavy atom. The summed E-state index contributed by atoms with van der Waals surface area (Å²) in [4.78, 5) is 28.1. The summed E-state index contributed by atoms with van der Waals surface area (Å²) in [6, 6.07) is 5.63. The highest BCUT2D eigenvalue weighted by molar-refractivity contribution is 5.97. The second-order valence-electron chi connectivity index (χ2n) is 7.18. The second kappa shape index (κ2) is 7.30. The number of halogens is 1. The molecule has 1 fully saturated rings. The minimum absolute atomic E-state index is 0.0485. The zero-order valence-electron chi connectivity index (χ0n) is 14.7. The van der Waals surface area contributed by atoms with Gasteiger partial charge in [0.2, 0.25) is 0 Å². The largest absolute Gasteiger partial charge is 0.444 e. The predicted octanol–water partition coefficient (Wildman–Crippen LogP) is 2.95. The molecule has 0 saturated carbocycles. The van der Waals surface area contributed by atoms with Crippen LogP contribution in [0.15, 0.2) is 24.3 Å². The van der Waals surface area contributed by atoms with Crippen molar-refractivity contribution in [2.75, 3.05) is 26.2 Å². The van der Waals surface area contributed by atoms with E-state index >= 15 is 0 Å². The fourth-order valence-electron chi connectivity index (χ4n) is 2.63. The van der Waals surface area contributed by atoms with E-state index in [4.69, 9.17) is 4.74 Å². The van der Waals surface area contributed by atoms with Crippen LogP contribution < -0.4 is 0 Å². The number of benzene rings is 1. The van der Waals surface area contributed by atoms with Crippen LogP contribution in [-0.2, 0) is 4.74 Å². The summed E-state index contributed by atoms with van der Waals surface area (Å²) in [6.07, 6.45) is -0.320. The molecule has 2 rings (SSSR count). The van der Waals surface area contributed by atoms with Gasteiger partial charge in [-0.3, -0.25) is 9.69 Å². The minimum atomic E-state index is -0.518. The molecule has 0 aromatic heterocycles. The third-order valence-corrected chi connectivity index (χ3v) is 3.93. The van der Waals surface area contributed by atoms with Crippen molar-refractivity contribution in [2.45, 2.75) is 39.3 Å². The number of rotatable bonds is 3. The molecule has 1 atom stereocenters. The Hall–Kier alpha value is -1.95. The van der Waals surface area contributed by atoms with Crippen molar-refractivity contribution >= 4 is 11.9 Å². The van der Waals surface area contributed by atoms with Crippen LogP contribution in [0.3, 0.4) is 0 Å². The van der Waals surface area contributed by atoms with E-state index in [0.29, 0.717) is 25.2 Å². The molecule has 1 aromatic rings. The van der Waals surface area contributed by atoms with Gasteiger partial charge < -0.3 is 9.64 Å². The lowest BCUT2D eigenvalue weighted by molar-refractivity contribution is 0.00658. The monoisotopic (exact) mass is 336 g/mol. The Labute approximate surface area is 142 Å². The number of ketones is 1. The molecule has 1 aromatic carbocycles. The van der Waals surface area contributed by atoms with E-state index in [1.165, 1.54) is 24.3 Å². The molecule has 0 radical (unpaired) electrons. The zero-order valence-corrected chi connectivity index (χ0v) is 14.7. The molecule has 0 spiro atoms. The molecule has 132 valence electrons. The highest BCUT2D eigenvalue weighted by atomic mass is 19.1. The van der Waals surface area contributed by atoms with Crippen LogP contribution in [0.4, 0.5) is 9.18 Å². The van der Waals surface area contributed by atoms with E-state index in [1.807, 2.05) is 32.6 Å². The maximum absolute atomic E-state index is 12.9. The Morgan fingerprint density at radius 3 is 2.38 bits per heavy atom. The van der Waals surface area contributed by atoms with Crippen LogP contribution in [-0.4, -0.2) is 59.5 Å². The summed E-state index contributed by atoms with van der Waals surface area (Å²) < 4.78 is 18.3. The third kappa shape index (κ3) is 5.03. The number of carbonyl (C=O) groups is 2. The molecular formula is C18H25FN2O3. The summed E-state index contributed by atoms with van der Waals surface area (Å²) in [5.41, 5.74) is -0.0195. The van der Waals surface area contributed by atoms with Crippen molar-refractivity contribution in [3.63, 3.8) is 0 Å². The van der Waals surface area contributed by atoms with Crippen molar-refractivity contribution in [1.82, 2.24) is 9.80 Å². The molecule has 0 bridgehead atoms. The number of hydrogen-bond acceptors (Lipinski definition) is 4. The molecule has 24 heavy (non-hydrogen) atoms. The normalized spacial score (nSPS) is 19.2. The Bertz CT molecular complexity index is 595. The molecule has 0 aliphatic carbocycles. The van der Waals surface area contributed by atoms with Gasteiger partial charge in [-0.1, -0.05) is 0 Å². The molecule has 0 N–H and O–H groups in total. The Balaban J connectivity index is 1.90. The fourth-order valence-corrected chi connectivity index (χ4v) is 2.63. The SMILES string of the molecule is C[C@@H]1CN(C(=O)OC(C)(C)C)CCN1CC(=O)c1ccc(F)cc1. The number of hydrogen-bond donors (Lipinski definition) is 0. The van der Waals surface area contributed by atoms with Gasteiger partial charge in [0.15, 0.2) is 5.78 Å². The summed E-state index contributed by atoms with van der Waals surface area (Å²) in [5, 5.41) is 0. The van der Waals surface area contributed by atoms with Gasteiger partial charge >= 0.3 is 6.09 Å². The van der Waals surface area contributed by atoms with Crippen LogP contribution >= 0.6 is 0 Å². The molecular weight excluding hydrogens is 311 g/mol. The van der Waals surface area contributed by atoms with Gasteiger partial charge in [0.05, 0.1) is 6.54 Å². The molecule has 6 heteroatoms. The van der Waals surface area contributed by atoms with Crippen LogP contribution in [0.2, 0.25) is 0 Å². The maximum Gasteiger partial charge on any atom is 0.410 e. The second-order valence-corrected chi connectivity index (χ2v) is 7.18. The third-order valence-electron chi connectivity index (χ3n) is 3.93. The highest BCUT2D eigenvalue weighted by Gasteiger charge is 2.30. The first kappa shape index (κ1) is 18.4. The standard InChI is InChI=1S/C18H25FN2O3/c1-13-11-21(17(23)24-18(2,3)4)10-9-20(13)12-16(22)14-5-7-15(19)8-6-14/h5-8,13H,9-12H2,1-4H3/t13-/m1/s1. The van der Waals surface area contributed by atoms with E-state index < -0.39 is 5.60 Å². The number of Topliss-reactive ketones (excluding diaryl/α,β-unsaturated/α-hetero) is 1. The van der Waals surface area contributed by atoms with E-state index in [2.05, 4.69) is 0 Å².